The van der Waals surface area contributed by atoms with Crippen molar-refractivity contribution >= 4 is 21.7 Å². The second kappa shape index (κ2) is 9.05. The van der Waals surface area contributed by atoms with Gasteiger partial charge in [-0.3, -0.25) is 4.72 Å². The fourth-order valence-electron chi connectivity index (χ4n) is 3.58. The van der Waals surface area contributed by atoms with Crippen LogP contribution in [0, 0.1) is 34.6 Å². The zero-order valence-electron chi connectivity index (χ0n) is 19.3. The topological polar surface area (TPSA) is 100 Å². The molecule has 9 heteroatoms. The summed E-state index contributed by atoms with van der Waals surface area (Å²) in [5.41, 5.74) is 3.90. The standard InChI is InChI=1S/C22H29NO7S/c1-11-12(2)14(4)21(15(5)13(11)3)31(25,26)23-18-16(22(24)30-9)10-17(27-6)19(28-7)20(18)29-8/h10,23H,1-9H3. The first kappa shape index (κ1) is 24.3. The number of hydrogen-bond acceptors (Lipinski definition) is 7. The van der Waals surface area contributed by atoms with Crippen LogP contribution in [0.5, 0.6) is 17.2 Å². The third-order valence-corrected chi connectivity index (χ3v) is 7.29. The molecule has 0 aliphatic heterocycles. The molecule has 0 aliphatic rings. The highest BCUT2D eigenvalue weighted by Gasteiger charge is 2.30. The molecule has 170 valence electrons. The lowest BCUT2D eigenvalue weighted by atomic mass is 9.95. The number of carbonyl (C=O) groups excluding carboxylic acids is 1. The molecule has 0 bridgehead atoms. The number of esters is 1. The van der Waals surface area contributed by atoms with E-state index in [1.54, 1.807) is 13.8 Å². The first-order valence-electron chi connectivity index (χ1n) is 9.47. The molecular weight excluding hydrogens is 422 g/mol. The van der Waals surface area contributed by atoms with E-state index >= 15 is 0 Å². The Balaban J connectivity index is 2.86. The second-order valence-electron chi connectivity index (χ2n) is 7.12. The van der Waals surface area contributed by atoms with Crippen molar-refractivity contribution in [2.45, 2.75) is 39.5 Å². The largest absolute Gasteiger partial charge is 0.493 e. The van der Waals surface area contributed by atoms with E-state index in [2.05, 4.69) is 4.72 Å². The van der Waals surface area contributed by atoms with Gasteiger partial charge in [-0.2, -0.15) is 0 Å². The van der Waals surface area contributed by atoms with E-state index in [0.717, 1.165) is 16.7 Å². The molecule has 0 unspecified atom stereocenters. The van der Waals surface area contributed by atoms with E-state index < -0.39 is 16.0 Å². The molecule has 0 saturated carbocycles. The van der Waals surface area contributed by atoms with Crippen molar-refractivity contribution in [1.29, 1.82) is 0 Å². The molecule has 0 fully saturated rings. The Labute approximate surface area is 183 Å². The quantitative estimate of drug-likeness (QED) is 0.638. The first-order valence-corrected chi connectivity index (χ1v) is 11.0. The summed E-state index contributed by atoms with van der Waals surface area (Å²) in [5.74, 6) is -0.430. The number of nitrogens with one attached hydrogen (secondary N) is 1. The average Bonchev–Trinajstić information content (AvgIpc) is 2.74. The third kappa shape index (κ3) is 4.14. The molecule has 2 rings (SSSR count). The Morgan fingerprint density at radius 2 is 1.26 bits per heavy atom. The van der Waals surface area contributed by atoms with E-state index in [1.807, 2.05) is 20.8 Å². The maximum atomic E-state index is 13.6. The highest BCUT2D eigenvalue weighted by Crippen LogP contribution is 2.46. The fraction of sp³-hybridized carbons (Fsp3) is 0.409. The molecule has 0 spiro atoms. The molecule has 2 aromatic carbocycles. The molecule has 0 aliphatic carbocycles. The number of methoxy groups -OCH3 is 4. The second-order valence-corrected chi connectivity index (χ2v) is 8.74. The van der Waals surface area contributed by atoms with Crippen molar-refractivity contribution in [3.8, 4) is 17.2 Å². The summed E-state index contributed by atoms with van der Waals surface area (Å²) in [6, 6.07) is 1.34. The SMILES string of the molecule is COC(=O)c1cc(OC)c(OC)c(OC)c1NS(=O)(=O)c1c(C)c(C)c(C)c(C)c1C. The van der Waals surface area contributed by atoms with Gasteiger partial charge in [0.1, 0.15) is 5.69 Å². The highest BCUT2D eigenvalue weighted by molar-refractivity contribution is 7.92. The molecule has 0 radical (unpaired) electrons. The van der Waals surface area contributed by atoms with Crippen molar-refractivity contribution in [1.82, 2.24) is 0 Å². The lowest BCUT2D eigenvalue weighted by Crippen LogP contribution is -2.20. The monoisotopic (exact) mass is 451 g/mol. The summed E-state index contributed by atoms with van der Waals surface area (Å²) < 4.78 is 50.5. The van der Waals surface area contributed by atoms with Gasteiger partial charge < -0.3 is 18.9 Å². The van der Waals surface area contributed by atoms with Gasteiger partial charge in [0, 0.05) is 6.07 Å². The van der Waals surface area contributed by atoms with Crippen LogP contribution in [0.3, 0.4) is 0 Å². The molecule has 2 aromatic rings. The van der Waals surface area contributed by atoms with Crippen molar-refractivity contribution in [2.24, 2.45) is 0 Å². The summed E-state index contributed by atoms with van der Waals surface area (Å²) in [6.45, 7) is 9.24. The zero-order chi connectivity index (χ0) is 23.7. The average molecular weight is 452 g/mol. The Kier molecular flexibility index (Phi) is 7.10. The van der Waals surface area contributed by atoms with Crippen molar-refractivity contribution in [3.05, 3.63) is 39.4 Å². The van der Waals surface area contributed by atoms with Crippen LogP contribution in [-0.2, 0) is 14.8 Å². The Morgan fingerprint density at radius 3 is 1.68 bits per heavy atom. The lowest BCUT2D eigenvalue weighted by Gasteiger charge is -2.22. The van der Waals surface area contributed by atoms with E-state index in [9.17, 15) is 13.2 Å². The van der Waals surface area contributed by atoms with Gasteiger partial charge in [0.05, 0.1) is 38.9 Å². The predicted molar refractivity (Wildman–Crippen MR) is 118 cm³/mol. The molecule has 0 saturated heterocycles. The van der Waals surface area contributed by atoms with Crippen LogP contribution >= 0.6 is 0 Å². The lowest BCUT2D eigenvalue weighted by molar-refractivity contribution is 0.0601. The number of benzene rings is 2. The number of hydrogen-bond donors (Lipinski definition) is 1. The zero-order valence-corrected chi connectivity index (χ0v) is 20.2. The smallest absolute Gasteiger partial charge is 0.340 e. The minimum absolute atomic E-state index is 0.00156. The number of carbonyl (C=O) groups is 1. The van der Waals surface area contributed by atoms with Gasteiger partial charge in [0.25, 0.3) is 10.0 Å². The molecular formula is C22H29NO7S. The van der Waals surface area contributed by atoms with Crippen LogP contribution in [0.1, 0.15) is 38.2 Å². The van der Waals surface area contributed by atoms with Gasteiger partial charge in [-0.25, -0.2) is 13.2 Å². The van der Waals surface area contributed by atoms with Crippen molar-refractivity contribution < 1.29 is 32.2 Å². The maximum absolute atomic E-state index is 13.6. The minimum atomic E-state index is -4.11. The number of sulfonamides is 1. The number of ether oxygens (including phenoxy) is 4. The van der Waals surface area contributed by atoms with Crippen molar-refractivity contribution in [3.63, 3.8) is 0 Å². The Hall–Kier alpha value is -2.94. The molecule has 0 heterocycles. The summed E-state index contributed by atoms with van der Waals surface area (Å²) in [6.07, 6.45) is 0. The predicted octanol–water partition coefficient (Wildman–Crippen LogP) is 3.84. The van der Waals surface area contributed by atoms with Gasteiger partial charge in [-0.05, 0) is 62.4 Å². The third-order valence-electron chi connectivity index (χ3n) is 5.67. The van der Waals surface area contributed by atoms with Crippen LogP contribution in [-0.4, -0.2) is 42.8 Å². The summed E-state index contributed by atoms with van der Waals surface area (Å²) in [4.78, 5) is 12.6. The molecule has 0 amide bonds. The fourth-order valence-corrected chi connectivity index (χ4v) is 5.27. The van der Waals surface area contributed by atoms with E-state index in [-0.39, 0.29) is 33.4 Å². The highest BCUT2D eigenvalue weighted by atomic mass is 32.2. The molecule has 8 nitrogen and oxygen atoms in total. The molecule has 0 atom stereocenters. The molecule has 1 N–H and O–H groups in total. The van der Waals surface area contributed by atoms with Gasteiger partial charge in [-0.15, -0.1) is 0 Å². The van der Waals surface area contributed by atoms with Crippen LogP contribution < -0.4 is 18.9 Å². The molecule has 0 aromatic heterocycles. The van der Waals surface area contributed by atoms with E-state index in [4.69, 9.17) is 18.9 Å². The summed E-state index contributed by atoms with van der Waals surface area (Å²) in [5, 5.41) is 0. The van der Waals surface area contributed by atoms with Gasteiger partial charge in [0.2, 0.25) is 5.75 Å². The normalized spacial score (nSPS) is 11.1. The number of rotatable bonds is 7. The number of anilines is 1. The minimum Gasteiger partial charge on any atom is -0.493 e. The first-order chi connectivity index (χ1) is 14.5. The van der Waals surface area contributed by atoms with Crippen LogP contribution in [0.4, 0.5) is 5.69 Å². The summed E-state index contributed by atoms with van der Waals surface area (Å²) >= 11 is 0. The van der Waals surface area contributed by atoms with Gasteiger partial charge >= 0.3 is 5.97 Å². The van der Waals surface area contributed by atoms with Gasteiger partial charge in [-0.1, -0.05) is 0 Å². The molecule has 31 heavy (non-hydrogen) atoms. The van der Waals surface area contributed by atoms with Crippen molar-refractivity contribution in [2.75, 3.05) is 33.2 Å². The maximum Gasteiger partial charge on any atom is 0.340 e. The van der Waals surface area contributed by atoms with E-state index in [1.165, 1.54) is 34.5 Å². The van der Waals surface area contributed by atoms with Gasteiger partial charge in [0.15, 0.2) is 11.5 Å². The Bertz CT molecular complexity index is 1110. The van der Waals surface area contributed by atoms with Crippen LogP contribution in [0.15, 0.2) is 11.0 Å². The summed E-state index contributed by atoms with van der Waals surface area (Å²) in [7, 11) is 1.21. The Morgan fingerprint density at radius 1 is 0.774 bits per heavy atom. The van der Waals surface area contributed by atoms with Crippen LogP contribution in [0.2, 0.25) is 0 Å². The van der Waals surface area contributed by atoms with Crippen LogP contribution in [0.25, 0.3) is 0 Å². The van der Waals surface area contributed by atoms with E-state index in [0.29, 0.717) is 11.1 Å².